The van der Waals surface area contributed by atoms with Crippen molar-refractivity contribution in [3.8, 4) is 5.75 Å². The van der Waals surface area contributed by atoms with Crippen molar-refractivity contribution >= 4 is 17.3 Å². The van der Waals surface area contributed by atoms with Gasteiger partial charge in [-0.05, 0) is 61.1 Å². The van der Waals surface area contributed by atoms with Crippen LogP contribution in [-0.4, -0.2) is 13.2 Å². The summed E-state index contributed by atoms with van der Waals surface area (Å²) in [4.78, 5) is 0. The van der Waals surface area contributed by atoms with Gasteiger partial charge in [-0.25, -0.2) is 0 Å². The summed E-state index contributed by atoms with van der Waals surface area (Å²) in [5, 5.41) is 4.29. The van der Waals surface area contributed by atoms with Crippen LogP contribution in [0.1, 0.15) is 32.3 Å². The number of nitrogens with one attached hydrogen (secondary N) is 1. The first-order chi connectivity index (χ1) is 11.1. The van der Waals surface area contributed by atoms with Gasteiger partial charge in [0.25, 0.3) is 0 Å². The zero-order chi connectivity index (χ0) is 16.5. The predicted octanol–water partition coefficient (Wildman–Crippen LogP) is 5.81. The van der Waals surface area contributed by atoms with E-state index in [4.69, 9.17) is 16.3 Å². The summed E-state index contributed by atoms with van der Waals surface area (Å²) in [6.07, 6.45) is 3.13. The second-order valence-corrected chi connectivity index (χ2v) is 6.58. The highest BCUT2D eigenvalue weighted by Gasteiger charge is 2.00. The maximum atomic E-state index is 6.16. The molecule has 0 aliphatic carbocycles. The Bertz CT molecular complexity index is 580. The molecule has 0 fully saturated rings. The molecule has 2 aromatic carbocycles. The zero-order valence-electron chi connectivity index (χ0n) is 14.0. The molecule has 2 rings (SSSR count). The van der Waals surface area contributed by atoms with E-state index in [1.54, 1.807) is 0 Å². The van der Waals surface area contributed by atoms with Crippen LogP contribution in [0, 0.1) is 5.92 Å². The first-order valence-corrected chi connectivity index (χ1v) is 8.73. The number of aryl methyl sites for hydroxylation is 1. The van der Waals surface area contributed by atoms with Crippen molar-refractivity contribution in [1.29, 1.82) is 0 Å². The summed E-state index contributed by atoms with van der Waals surface area (Å²) in [6, 6.07) is 16.2. The average Bonchev–Trinajstić information content (AvgIpc) is 2.54. The minimum atomic E-state index is 0.675. The Morgan fingerprint density at radius 2 is 1.78 bits per heavy atom. The van der Waals surface area contributed by atoms with Gasteiger partial charge in [-0.1, -0.05) is 43.6 Å². The van der Waals surface area contributed by atoms with E-state index in [0.717, 1.165) is 48.9 Å². The fourth-order valence-corrected chi connectivity index (χ4v) is 2.52. The van der Waals surface area contributed by atoms with Gasteiger partial charge in [-0.2, -0.15) is 0 Å². The molecular weight excluding hydrogens is 306 g/mol. The van der Waals surface area contributed by atoms with Crippen molar-refractivity contribution in [2.45, 2.75) is 33.1 Å². The standard InChI is InChI=1S/C20H26ClNO/c1-16(2)13-15-23-19-11-9-18(10-12-19)22-14-5-7-17-6-3-4-8-20(17)21/h3-4,6,8-12,16,22H,5,7,13-15H2,1-2H3. The summed E-state index contributed by atoms with van der Waals surface area (Å²) < 4.78 is 5.73. The zero-order valence-corrected chi connectivity index (χ0v) is 14.8. The molecule has 124 valence electrons. The van der Waals surface area contributed by atoms with Crippen LogP contribution in [0.2, 0.25) is 5.02 Å². The fourth-order valence-electron chi connectivity index (χ4n) is 2.29. The molecule has 2 aromatic rings. The smallest absolute Gasteiger partial charge is 0.119 e. The highest BCUT2D eigenvalue weighted by molar-refractivity contribution is 6.31. The van der Waals surface area contributed by atoms with Crippen molar-refractivity contribution in [3.63, 3.8) is 0 Å². The van der Waals surface area contributed by atoms with E-state index in [1.165, 1.54) is 5.56 Å². The minimum Gasteiger partial charge on any atom is -0.494 e. The predicted molar refractivity (Wildman–Crippen MR) is 99.7 cm³/mol. The molecule has 0 saturated heterocycles. The maximum Gasteiger partial charge on any atom is 0.119 e. The Morgan fingerprint density at radius 3 is 2.48 bits per heavy atom. The van der Waals surface area contributed by atoms with E-state index in [1.807, 2.05) is 30.3 Å². The average molecular weight is 332 g/mol. The Labute approximate surface area is 144 Å². The molecule has 0 saturated carbocycles. The number of hydrogen-bond donors (Lipinski definition) is 1. The minimum absolute atomic E-state index is 0.675. The van der Waals surface area contributed by atoms with Gasteiger partial charge in [0, 0.05) is 17.3 Å². The number of rotatable bonds is 9. The molecule has 0 bridgehead atoms. The van der Waals surface area contributed by atoms with E-state index in [0.29, 0.717) is 5.92 Å². The molecule has 0 aromatic heterocycles. The van der Waals surface area contributed by atoms with Crippen LogP contribution < -0.4 is 10.1 Å². The van der Waals surface area contributed by atoms with E-state index in [-0.39, 0.29) is 0 Å². The number of hydrogen-bond acceptors (Lipinski definition) is 2. The molecule has 0 amide bonds. The van der Waals surface area contributed by atoms with Crippen molar-refractivity contribution < 1.29 is 4.74 Å². The van der Waals surface area contributed by atoms with Crippen molar-refractivity contribution in [1.82, 2.24) is 0 Å². The summed E-state index contributed by atoms with van der Waals surface area (Å²) in [5.41, 5.74) is 2.34. The summed E-state index contributed by atoms with van der Waals surface area (Å²) >= 11 is 6.16. The van der Waals surface area contributed by atoms with Gasteiger partial charge >= 0.3 is 0 Å². The van der Waals surface area contributed by atoms with Crippen LogP contribution in [0.15, 0.2) is 48.5 Å². The largest absolute Gasteiger partial charge is 0.494 e. The topological polar surface area (TPSA) is 21.3 Å². The molecule has 2 nitrogen and oxygen atoms in total. The highest BCUT2D eigenvalue weighted by Crippen LogP contribution is 2.18. The quantitative estimate of drug-likeness (QED) is 0.585. The Balaban J connectivity index is 1.69. The third-order valence-electron chi connectivity index (χ3n) is 3.73. The van der Waals surface area contributed by atoms with Crippen LogP contribution in [0.4, 0.5) is 5.69 Å². The fraction of sp³-hybridized carbons (Fsp3) is 0.400. The van der Waals surface area contributed by atoms with E-state index < -0.39 is 0 Å². The molecule has 0 atom stereocenters. The lowest BCUT2D eigenvalue weighted by atomic mass is 10.1. The number of anilines is 1. The normalized spacial score (nSPS) is 10.8. The van der Waals surface area contributed by atoms with E-state index in [9.17, 15) is 0 Å². The van der Waals surface area contributed by atoms with Gasteiger partial charge in [0.2, 0.25) is 0 Å². The molecule has 0 radical (unpaired) electrons. The molecule has 0 heterocycles. The summed E-state index contributed by atoms with van der Waals surface area (Å²) in [5.74, 6) is 1.61. The Kier molecular flexibility index (Phi) is 7.28. The van der Waals surface area contributed by atoms with Gasteiger partial charge in [0.15, 0.2) is 0 Å². The summed E-state index contributed by atoms with van der Waals surface area (Å²) in [7, 11) is 0. The Morgan fingerprint density at radius 1 is 1.04 bits per heavy atom. The third kappa shape index (κ3) is 6.54. The second kappa shape index (κ2) is 9.46. The third-order valence-corrected chi connectivity index (χ3v) is 4.10. The van der Waals surface area contributed by atoms with Crippen LogP contribution >= 0.6 is 11.6 Å². The first kappa shape index (κ1) is 17.7. The van der Waals surface area contributed by atoms with E-state index >= 15 is 0 Å². The van der Waals surface area contributed by atoms with Crippen LogP contribution in [0.5, 0.6) is 5.75 Å². The monoisotopic (exact) mass is 331 g/mol. The lowest BCUT2D eigenvalue weighted by Gasteiger charge is -2.10. The lowest BCUT2D eigenvalue weighted by Crippen LogP contribution is -2.04. The van der Waals surface area contributed by atoms with Gasteiger partial charge in [-0.15, -0.1) is 0 Å². The van der Waals surface area contributed by atoms with Gasteiger partial charge in [0.05, 0.1) is 6.61 Å². The lowest BCUT2D eigenvalue weighted by molar-refractivity contribution is 0.289. The van der Waals surface area contributed by atoms with E-state index in [2.05, 4.69) is 37.4 Å². The van der Waals surface area contributed by atoms with Gasteiger partial charge < -0.3 is 10.1 Å². The molecule has 0 unspecified atom stereocenters. The molecule has 1 N–H and O–H groups in total. The number of ether oxygens (including phenoxy) is 1. The molecule has 0 aliphatic heterocycles. The van der Waals surface area contributed by atoms with Crippen molar-refractivity contribution in [2.24, 2.45) is 5.92 Å². The van der Waals surface area contributed by atoms with Crippen LogP contribution in [0.3, 0.4) is 0 Å². The number of benzene rings is 2. The highest BCUT2D eigenvalue weighted by atomic mass is 35.5. The number of halogens is 1. The molecule has 0 spiro atoms. The van der Waals surface area contributed by atoms with Crippen molar-refractivity contribution in [2.75, 3.05) is 18.5 Å². The molecular formula is C20H26ClNO. The molecule has 3 heteroatoms. The molecule has 0 aliphatic rings. The van der Waals surface area contributed by atoms with Gasteiger partial charge in [0.1, 0.15) is 5.75 Å². The maximum absolute atomic E-state index is 6.16. The SMILES string of the molecule is CC(C)CCOc1ccc(NCCCc2ccccc2Cl)cc1. The molecule has 23 heavy (non-hydrogen) atoms. The summed E-state index contributed by atoms with van der Waals surface area (Å²) in [6.45, 7) is 6.12. The Hall–Kier alpha value is -1.67. The van der Waals surface area contributed by atoms with Crippen LogP contribution in [0.25, 0.3) is 0 Å². The van der Waals surface area contributed by atoms with Gasteiger partial charge in [-0.3, -0.25) is 0 Å². The van der Waals surface area contributed by atoms with Crippen LogP contribution in [-0.2, 0) is 6.42 Å². The second-order valence-electron chi connectivity index (χ2n) is 6.18. The van der Waals surface area contributed by atoms with Crippen molar-refractivity contribution in [3.05, 3.63) is 59.1 Å². The first-order valence-electron chi connectivity index (χ1n) is 8.35.